The van der Waals surface area contributed by atoms with Gasteiger partial charge in [0.15, 0.2) is 0 Å². The molecule has 0 saturated heterocycles. The Hall–Kier alpha value is 0.583. The van der Waals surface area contributed by atoms with Crippen LogP contribution in [0.4, 0.5) is 0 Å². The molecular formula is C8H17NZn. The van der Waals surface area contributed by atoms with Gasteiger partial charge in [0, 0.05) is 0 Å². The Morgan fingerprint density at radius 1 is 1.10 bits per heavy atom. The van der Waals surface area contributed by atoms with Crippen LogP contribution in [0, 0.1) is 0 Å². The van der Waals surface area contributed by atoms with Gasteiger partial charge in [-0.15, -0.1) is 0 Å². The van der Waals surface area contributed by atoms with Crippen LogP contribution in [0.25, 0.3) is 0 Å². The molecule has 1 aliphatic carbocycles. The molecule has 0 radical (unpaired) electrons. The molecule has 0 unspecified atom stereocenters. The summed E-state index contributed by atoms with van der Waals surface area (Å²) in [7, 11) is 4.52. The van der Waals surface area contributed by atoms with E-state index in [9.17, 15) is 0 Å². The Morgan fingerprint density at radius 3 is 2.20 bits per heavy atom. The molecule has 0 aromatic carbocycles. The van der Waals surface area contributed by atoms with Crippen LogP contribution in [0.15, 0.2) is 0 Å². The molecule has 0 atom stereocenters. The molecule has 2 heteroatoms. The van der Waals surface area contributed by atoms with Crippen molar-refractivity contribution in [2.45, 2.75) is 36.6 Å². The Labute approximate surface area is 72.0 Å². The van der Waals surface area contributed by atoms with E-state index in [1.165, 1.54) is 23.8 Å². The molecule has 0 aromatic heterocycles. The average Bonchev–Trinajstić information content (AvgIpc) is 1.88. The van der Waals surface area contributed by atoms with Gasteiger partial charge in [-0.2, -0.15) is 0 Å². The van der Waals surface area contributed by atoms with E-state index >= 15 is 0 Å². The zero-order valence-corrected chi connectivity index (χ0v) is 10.2. The topological polar surface area (TPSA) is 3.24 Å². The van der Waals surface area contributed by atoms with Crippen molar-refractivity contribution in [1.29, 1.82) is 0 Å². The fourth-order valence-corrected chi connectivity index (χ4v) is 6.03. The van der Waals surface area contributed by atoms with Crippen molar-refractivity contribution in [2.24, 2.45) is 0 Å². The van der Waals surface area contributed by atoms with Crippen molar-refractivity contribution >= 4 is 0 Å². The Balaban J connectivity index is 2.13. The molecule has 1 fully saturated rings. The van der Waals surface area contributed by atoms with Gasteiger partial charge in [0.05, 0.1) is 0 Å². The van der Waals surface area contributed by atoms with Crippen molar-refractivity contribution in [3.63, 3.8) is 0 Å². The van der Waals surface area contributed by atoms with Crippen LogP contribution >= 0.6 is 0 Å². The first-order valence-corrected chi connectivity index (χ1v) is 7.48. The van der Waals surface area contributed by atoms with Gasteiger partial charge in [0.2, 0.25) is 0 Å². The predicted octanol–water partition coefficient (Wildman–Crippen LogP) is 2.30. The van der Waals surface area contributed by atoms with Gasteiger partial charge >= 0.3 is 71.7 Å². The standard InChI is InChI=1S/C6H11.C2H6N.Zn/c1-2-4-6-5-3-1;1-3-2;/h1H,2-6H2;1-2H3;/q;-1;+1. The molecule has 1 nitrogen and oxygen atoms in total. The molecule has 56 valence electrons. The van der Waals surface area contributed by atoms with Crippen LogP contribution < -0.4 is 0 Å². The molecule has 1 rings (SSSR count). The van der Waals surface area contributed by atoms with E-state index in [0.29, 0.717) is 0 Å². The van der Waals surface area contributed by atoms with Crippen LogP contribution in [-0.4, -0.2) is 17.7 Å². The first-order valence-electron chi connectivity index (χ1n) is 4.44. The molecular weight excluding hydrogens is 175 g/mol. The first-order chi connectivity index (χ1) is 4.79. The number of rotatable bonds is 2. The summed E-state index contributed by atoms with van der Waals surface area (Å²) in [6, 6.07) is 0. The second-order valence-corrected chi connectivity index (χ2v) is 9.61. The second-order valence-electron chi connectivity index (χ2n) is 3.77. The van der Waals surface area contributed by atoms with Crippen LogP contribution in [-0.2, 0) is 17.4 Å². The summed E-state index contributed by atoms with van der Waals surface area (Å²) in [6.07, 6.45) is 7.65. The minimum absolute atomic E-state index is 0.277. The van der Waals surface area contributed by atoms with Crippen molar-refractivity contribution in [2.75, 3.05) is 14.1 Å². The Morgan fingerprint density at radius 2 is 1.70 bits per heavy atom. The molecule has 1 aliphatic rings. The van der Waals surface area contributed by atoms with Gasteiger partial charge in [-0.25, -0.2) is 0 Å². The molecule has 0 N–H and O–H groups in total. The zero-order valence-electron chi connectivity index (χ0n) is 7.27. The maximum absolute atomic E-state index is 2.50. The van der Waals surface area contributed by atoms with E-state index < -0.39 is 0 Å². The first kappa shape index (κ1) is 8.68. The summed E-state index contributed by atoms with van der Waals surface area (Å²) < 4.78 is 3.69. The minimum atomic E-state index is -0.277. The second kappa shape index (κ2) is 4.46. The van der Waals surface area contributed by atoms with Crippen molar-refractivity contribution in [3.8, 4) is 0 Å². The van der Waals surface area contributed by atoms with E-state index in [-0.39, 0.29) is 17.4 Å². The zero-order chi connectivity index (χ0) is 7.40. The fourth-order valence-electron chi connectivity index (χ4n) is 1.89. The molecule has 0 aromatic rings. The van der Waals surface area contributed by atoms with Gasteiger partial charge < -0.3 is 0 Å². The van der Waals surface area contributed by atoms with Gasteiger partial charge in [0.25, 0.3) is 0 Å². The molecule has 0 spiro atoms. The van der Waals surface area contributed by atoms with Crippen molar-refractivity contribution in [1.82, 2.24) is 3.64 Å². The van der Waals surface area contributed by atoms with Crippen LogP contribution in [0.2, 0.25) is 4.51 Å². The van der Waals surface area contributed by atoms with Gasteiger partial charge in [-0.05, 0) is 0 Å². The monoisotopic (exact) mass is 191 g/mol. The van der Waals surface area contributed by atoms with Crippen LogP contribution in [0.1, 0.15) is 32.1 Å². The van der Waals surface area contributed by atoms with Gasteiger partial charge in [-0.3, -0.25) is 0 Å². The summed E-state index contributed by atoms with van der Waals surface area (Å²) in [5.74, 6) is 0. The molecule has 0 heterocycles. The molecule has 1 saturated carbocycles. The van der Waals surface area contributed by atoms with E-state index in [1.54, 1.807) is 12.8 Å². The van der Waals surface area contributed by atoms with Crippen LogP contribution in [0.3, 0.4) is 0 Å². The Bertz CT molecular complexity index is 87.3. The van der Waals surface area contributed by atoms with E-state index in [2.05, 4.69) is 17.7 Å². The number of hydrogen-bond acceptors (Lipinski definition) is 1. The molecule has 10 heavy (non-hydrogen) atoms. The summed E-state index contributed by atoms with van der Waals surface area (Å²) >= 11 is -0.277. The van der Waals surface area contributed by atoms with Gasteiger partial charge in [0.1, 0.15) is 0 Å². The molecule has 0 amide bonds. The SMILES string of the molecule is C[N](C)[Zn][CH]1CCCCC1. The van der Waals surface area contributed by atoms with Gasteiger partial charge in [-0.1, -0.05) is 0 Å². The summed E-state index contributed by atoms with van der Waals surface area (Å²) in [5, 5.41) is 0. The number of hydrogen-bond donors (Lipinski definition) is 0. The Kier molecular flexibility index (Phi) is 3.87. The predicted molar refractivity (Wildman–Crippen MR) is 40.5 cm³/mol. The third kappa shape index (κ3) is 3.12. The normalized spacial score (nSPS) is 21.1. The third-order valence-corrected chi connectivity index (χ3v) is 6.68. The van der Waals surface area contributed by atoms with E-state index in [4.69, 9.17) is 0 Å². The third-order valence-electron chi connectivity index (χ3n) is 2.35. The van der Waals surface area contributed by atoms with Crippen molar-refractivity contribution in [3.05, 3.63) is 0 Å². The average molecular weight is 193 g/mol. The molecule has 0 bridgehead atoms. The summed E-state index contributed by atoms with van der Waals surface area (Å²) in [6.45, 7) is 0. The quantitative estimate of drug-likeness (QED) is 0.607. The maximum atomic E-state index is 2.50. The number of nitrogens with zero attached hydrogens (tertiary/aromatic N) is 1. The van der Waals surface area contributed by atoms with Crippen molar-refractivity contribution < 1.29 is 17.4 Å². The fraction of sp³-hybridized carbons (Fsp3) is 1.00. The van der Waals surface area contributed by atoms with E-state index in [1.807, 2.05) is 0 Å². The van der Waals surface area contributed by atoms with E-state index in [0.717, 1.165) is 0 Å². The molecule has 0 aliphatic heterocycles. The summed E-state index contributed by atoms with van der Waals surface area (Å²) in [5.41, 5.74) is 0. The van der Waals surface area contributed by atoms with Crippen LogP contribution in [0.5, 0.6) is 0 Å². The summed E-state index contributed by atoms with van der Waals surface area (Å²) in [4.78, 5) is 0.